The van der Waals surface area contributed by atoms with Gasteiger partial charge in [-0.3, -0.25) is 0 Å². The van der Waals surface area contributed by atoms with Gasteiger partial charge in [0.25, 0.3) is 0 Å². The summed E-state index contributed by atoms with van der Waals surface area (Å²) in [6.07, 6.45) is 2.60. The SMILES string of the molecule is CCc1ccc(Sc2ccc(C(C)(O)C(F)(F)F)cc2)c2c1C=CCC2. The van der Waals surface area contributed by atoms with Crippen molar-refractivity contribution in [2.24, 2.45) is 0 Å². The molecule has 1 unspecified atom stereocenters. The van der Waals surface area contributed by atoms with Crippen molar-refractivity contribution in [1.29, 1.82) is 0 Å². The molecule has 3 rings (SSSR count). The lowest BCUT2D eigenvalue weighted by atomic mass is 9.92. The summed E-state index contributed by atoms with van der Waals surface area (Å²) in [5, 5.41) is 9.78. The molecule has 138 valence electrons. The van der Waals surface area contributed by atoms with Gasteiger partial charge in [0.05, 0.1) is 0 Å². The lowest BCUT2D eigenvalue weighted by Crippen LogP contribution is -2.39. The molecule has 1 aliphatic carbocycles. The van der Waals surface area contributed by atoms with Crippen molar-refractivity contribution in [1.82, 2.24) is 0 Å². The molecule has 1 N–H and O–H groups in total. The van der Waals surface area contributed by atoms with Crippen LogP contribution in [0.25, 0.3) is 6.08 Å². The number of hydrogen-bond donors (Lipinski definition) is 1. The Balaban J connectivity index is 1.88. The lowest BCUT2D eigenvalue weighted by Gasteiger charge is -2.26. The summed E-state index contributed by atoms with van der Waals surface area (Å²) in [6.45, 7) is 2.91. The zero-order valence-corrected chi connectivity index (χ0v) is 15.5. The van der Waals surface area contributed by atoms with Gasteiger partial charge in [-0.05, 0) is 66.6 Å². The molecule has 0 saturated carbocycles. The van der Waals surface area contributed by atoms with Crippen molar-refractivity contribution < 1.29 is 18.3 Å². The molecule has 26 heavy (non-hydrogen) atoms. The van der Waals surface area contributed by atoms with Gasteiger partial charge in [0.1, 0.15) is 0 Å². The van der Waals surface area contributed by atoms with Crippen molar-refractivity contribution in [3.8, 4) is 0 Å². The molecule has 1 nitrogen and oxygen atoms in total. The van der Waals surface area contributed by atoms with Crippen molar-refractivity contribution in [3.05, 3.63) is 64.7 Å². The van der Waals surface area contributed by atoms with Gasteiger partial charge in [0.2, 0.25) is 0 Å². The summed E-state index contributed by atoms with van der Waals surface area (Å²) in [5.74, 6) is 0. The molecule has 5 heteroatoms. The lowest BCUT2D eigenvalue weighted by molar-refractivity contribution is -0.258. The van der Waals surface area contributed by atoms with Gasteiger partial charge in [-0.1, -0.05) is 49.0 Å². The van der Waals surface area contributed by atoms with Crippen molar-refractivity contribution in [2.75, 3.05) is 0 Å². The minimum atomic E-state index is -4.71. The zero-order valence-electron chi connectivity index (χ0n) is 14.7. The number of alkyl halides is 3. The van der Waals surface area contributed by atoms with Gasteiger partial charge >= 0.3 is 6.18 Å². The van der Waals surface area contributed by atoms with Crippen molar-refractivity contribution in [3.63, 3.8) is 0 Å². The Morgan fingerprint density at radius 2 is 1.77 bits per heavy atom. The first-order chi connectivity index (χ1) is 12.2. The van der Waals surface area contributed by atoms with Crippen molar-refractivity contribution in [2.45, 2.75) is 54.7 Å². The fraction of sp³-hybridized carbons (Fsp3) is 0.333. The van der Waals surface area contributed by atoms with E-state index >= 15 is 0 Å². The van der Waals surface area contributed by atoms with Gasteiger partial charge in [0, 0.05) is 9.79 Å². The van der Waals surface area contributed by atoms with Crippen LogP contribution in [0.4, 0.5) is 13.2 Å². The van der Waals surface area contributed by atoms with E-state index < -0.39 is 11.8 Å². The number of allylic oxidation sites excluding steroid dienone is 1. The van der Waals surface area contributed by atoms with Crippen LogP contribution in [0.5, 0.6) is 0 Å². The van der Waals surface area contributed by atoms with E-state index in [4.69, 9.17) is 0 Å². The van der Waals surface area contributed by atoms with Crippen LogP contribution in [0.3, 0.4) is 0 Å². The zero-order chi connectivity index (χ0) is 18.9. The highest BCUT2D eigenvalue weighted by molar-refractivity contribution is 7.99. The van der Waals surface area contributed by atoms with Gasteiger partial charge in [-0.25, -0.2) is 0 Å². The van der Waals surface area contributed by atoms with Gasteiger partial charge in [-0.15, -0.1) is 0 Å². The van der Waals surface area contributed by atoms with E-state index in [0.717, 1.165) is 36.0 Å². The molecule has 0 heterocycles. The molecule has 1 atom stereocenters. The minimum Gasteiger partial charge on any atom is -0.376 e. The number of aryl methyl sites for hydroxylation is 1. The topological polar surface area (TPSA) is 20.2 Å². The first-order valence-corrected chi connectivity index (χ1v) is 9.44. The molecule has 2 aromatic rings. The number of benzene rings is 2. The second kappa shape index (κ2) is 7.12. The Bertz CT molecular complexity index is 820. The average Bonchev–Trinajstić information content (AvgIpc) is 2.61. The molecule has 0 fully saturated rings. The number of fused-ring (bicyclic) bond motifs is 1. The number of halogens is 3. The van der Waals surface area contributed by atoms with E-state index in [9.17, 15) is 18.3 Å². The molecule has 0 spiro atoms. The average molecular weight is 378 g/mol. The third kappa shape index (κ3) is 3.55. The summed E-state index contributed by atoms with van der Waals surface area (Å²) in [7, 11) is 0. The predicted molar refractivity (Wildman–Crippen MR) is 99.4 cm³/mol. The van der Waals surface area contributed by atoms with Crippen LogP contribution in [0.2, 0.25) is 0 Å². The van der Waals surface area contributed by atoms with Crippen LogP contribution in [0.1, 0.15) is 42.5 Å². The number of aliphatic hydroxyl groups is 1. The Kier molecular flexibility index (Phi) is 5.22. The normalized spacial score (nSPS) is 16.2. The smallest absolute Gasteiger partial charge is 0.376 e. The van der Waals surface area contributed by atoms with Crippen LogP contribution >= 0.6 is 11.8 Å². The van der Waals surface area contributed by atoms with Crippen LogP contribution in [-0.4, -0.2) is 11.3 Å². The van der Waals surface area contributed by atoms with Crippen LogP contribution in [-0.2, 0) is 18.4 Å². The Morgan fingerprint density at radius 1 is 1.08 bits per heavy atom. The van der Waals surface area contributed by atoms with Gasteiger partial charge in [-0.2, -0.15) is 13.2 Å². The molecule has 0 aliphatic heterocycles. The third-order valence-electron chi connectivity index (χ3n) is 4.83. The van der Waals surface area contributed by atoms with Crippen LogP contribution in [0, 0.1) is 0 Å². The second-order valence-corrected chi connectivity index (χ2v) is 7.72. The highest BCUT2D eigenvalue weighted by Gasteiger charge is 2.51. The Hall–Kier alpha value is -1.72. The standard InChI is InChI=1S/C21H21F3OS/c1-3-14-8-13-19(18-7-5-4-6-17(14)18)26-16-11-9-15(10-12-16)20(2,25)21(22,23)24/h4,6,8-13,25H,3,5,7H2,1-2H3. The van der Waals surface area contributed by atoms with E-state index in [-0.39, 0.29) is 5.56 Å². The third-order valence-corrected chi connectivity index (χ3v) is 5.94. The molecule has 0 bridgehead atoms. The Morgan fingerprint density at radius 3 is 2.38 bits per heavy atom. The van der Waals surface area contributed by atoms with E-state index in [1.54, 1.807) is 23.9 Å². The number of hydrogen-bond acceptors (Lipinski definition) is 2. The molecule has 0 saturated heterocycles. The first-order valence-electron chi connectivity index (χ1n) is 8.63. The molecule has 0 amide bonds. The summed E-state index contributed by atoms with van der Waals surface area (Å²) in [5.41, 5.74) is 0.907. The van der Waals surface area contributed by atoms with E-state index in [1.165, 1.54) is 28.8 Å². The summed E-state index contributed by atoms with van der Waals surface area (Å²) >= 11 is 1.55. The molecule has 1 aliphatic rings. The molecule has 0 aromatic heterocycles. The highest BCUT2D eigenvalue weighted by Crippen LogP contribution is 2.40. The summed E-state index contributed by atoms with van der Waals surface area (Å²) < 4.78 is 38.9. The first kappa shape index (κ1) is 19.1. The Labute approximate surface area is 155 Å². The monoisotopic (exact) mass is 378 g/mol. The fourth-order valence-corrected chi connectivity index (χ4v) is 4.13. The quantitative estimate of drug-likeness (QED) is 0.691. The van der Waals surface area contributed by atoms with E-state index in [2.05, 4.69) is 31.2 Å². The maximum atomic E-state index is 13.0. The maximum absolute atomic E-state index is 13.0. The largest absolute Gasteiger partial charge is 0.421 e. The molecule has 0 radical (unpaired) electrons. The molecule has 2 aromatic carbocycles. The van der Waals surface area contributed by atoms with E-state index in [1.807, 2.05) is 0 Å². The van der Waals surface area contributed by atoms with Gasteiger partial charge < -0.3 is 5.11 Å². The fourth-order valence-electron chi connectivity index (χ4n) is 3.13. The maximum Gasteiger partial charge on any atom is 0.421 e. The predicted octanol–water partition coefficient (Wildman–Crippen LogP) is 6.13. The highest BCUT2D eigenvalue weighted by atomic mass is 32.2. The number of rotatable bonds is 4. The van der Waals surface area contributed by atoms with Crippen LogP contribution < -0.4 is 0 Å². The molecular weight excluding hydrogens is 357 g/mol. The van der Waals surface area contributed by atoms with E-state index in [0.29, 0.717) is 0 Å². The van der Waals surface area contributed by atoms with Gasteiger partial charge in [0.15, 0.2) is 5.60 Å². The second-order valence-electron chi connectivity index (χ2n) is 6.61. The molecular formula is C21H21F3OS. The summed E-state index contributed by atoms with van der Waals surface area (Å²) in [4.78, 5) is 1.99. The summed E-state index contributed by atoms with van der Waals surface area (Å²) in [6, 6.07) is 10.2. The van der Waals surface area contributed by atoms with Crippen molar-refractivity contribution >= 4 is 17.8 Å². The van der Waals surface area contributed by atoms with Crippen LogP contribution in [0.15, 0.2) is 52.3 Å². The minimum absolute atomic E-state index is 0.152.